The number of carbonyl (C=O) groups excluding carboxylic acids is 3. The van der Waals surface area contributed by atoms with E-state index in [0.29, 0.717) is 67.5 Å². The van der Waals surface area contributed by atoms with Crippen LogP contribution in [0.1, 0.15) is 90.4 Å². The van der Waals surface area contributed by atoms with Crippen LogP contribution in [0.4, 0.5) is 10.1 Å². The van der Waals surface area contributed by atoms with Crippen molar-refractivity contribution in [2.24, 2.45) is 5.92 Å². The molecule has 0 spiro atoms. The molecule has 5 aromatic rings. The highest BCUT2D eigenvalue weighted by molar-refractivity contribution is 6.05. The molecule has 12 nitrogen and oxygen atoms in total. The zero-order chi connectivity index (χ0) is 41.5. The molecule has 4 aliphatic rings. The van der Waals surface area contributed by atoms with Crippen LogP contribution < -0.4 is 10.2 Å². The van der Waals surface area contributed by atoms with Crippen molar-refractivity contribution >= 4 is 39.9 Å². The minimum Gasteiger partial charge on any atom is -0.373 e. The number of anilines is 1. The number of nitrogens with zero attached hydrogens (tertiary/aromatic N) is 7. The fraction of sp³-hybridized carbons (Fsp3) is 0.426. The van der Waals surface area contributed by atoms with Crippen molar-refractivity contribution < 1.29 is 23.9 Å². The second kappa shape index (κ2) is 16.7. The van der Waals surface area contributed by atoms with Crippen LogP contribution in [-0.4, -0.2) is 98.7 Å². The molecule has 312 valence electrons. The summed E-state index contributed by atoms with van der Waals surface area (Å²) in [6, 6.07) is 20.3. The van der Waals surface area contributed by atoms with Gasteiger partial charge in [0.25, 0.3) is 5.91 Å². The number of amides is 3. The maximum Gasteiger partial charge on any atom is 0.253 e. The molecule has 2 saturated heterocycles. The molecule has 0 radical (unpaired) electrons. The average molecular weight is 813 g/mol. The van der Waals surface area contributed by atoms with Crippen LogP contribution in [0.3, 0.4) is 0 Å². The highest BCUT2D eigenvalue weighted by Crippen LogP contribution is 2.41. The van der Waals surface area contributed by atoms with Crippen LogP contribution in [0.25, 0.3) is 27.6 Å². The molecule has 2 atom stereocenters. The first kappa shape index (κ1) is 39.6. The zero-order valence-corrected chi connectivity index (χ0v) is 34.4. The topological polar surface area (TPSA) is 129 Å². The van der Waals surface area contributed by atoms with Crippen molar-refractivity contribution in [2.75, 3.05) is 45.2 Å². The van der Waals surface area contributed by atoms with E-state index in [1.165, 1.54) is 24.5 Å². The lowest BCUT2D eigenvalue weighted by Crippen LogP contribution is -2.43. The Labute approximate surface area is 349 Å². The Morgan fingerprint density at radius 3 is 2.43 bits per heavy atom. The molecular formula is C47H53FN8O4. The molecule has 3 fully saturated rings. The Balaban J connectivity index is 0.959. The second-order valence-electron chi connectivity index (χ2n) is 17.2. The maximum absolute atomic E-state index is 15.5. The van der Waals surface area contributed by atoms with E-state index in [1.54, 1.807) is 36.1 Å². The number of aliphatic hydroxyl groups is 1. The molecule has 3 aliphatic heterocycles. The van der Waals surface area contributed by atoms with Gasteiger partial charge in [0, 0.05) is 94.0 Å². The summed E-state index contributed by atoms with van der Waals surface area (Å²) >= 11 is 0. The molecule has 1 aliphatic carbocycles. The van der Waals surface area contributed by atoms with Gasteiger partial charge in [0.15, 0.2) is 0 Å². The van der Waals surface area contributed by atoms with Gasteiger partial charge in [-0.15, -0.1) is 5.10 Å². The predicted molar refractivity (Wildman–Crippen MR) is 229 cm³/mol. The van der Waals surface area contributed by atoms with E-state index in [-0.39, 0.29) is 29.5 Å². The Kier molecular flexibility index (Phi) is 11.0. The molecule has 5 heterocycles. The number of fused-ring (bicyclic) bond motifs is 1. The average Bonchev–Trinajstić information content (AvgIpc) is 3.78. The number of nitrogens with one attached hydrogen (secondary N) is 1. The fourth-order valence-corrected chi connectivity index (χ4v) is 9.42. The number of hydrogen-bond donors (Lipinski definition) is 2. The Morgan fingerprint density at radius 2 is 1.73 bits per heavy atom. The minimum absolute atomic E-state index is 0.0507. The number of halogens is 1. The van der Waals surface area contributed by atoms with Crippen LogP contribution in [0.2, 0.25) is 0 Å². The van der Waals surface area contributed by atoms with E-state index in [1.807, 2.05) is 29.2 Å². The quantitative estimate of drug-likeness (QED) is 0.155. The summed E-state index contributed by atoms with van der Waals surface area (Å²) in [5.41, 5.74) is 8.56. The van der Waals surface area contributed by atoms with Gasteiger partial charge in [-0.25, -0.2) is 4.39 Å². The van der Waals surface area contributed by atoms with E-state index in [0.717, 1.165) is 72.2 Å². The van der Waals surface area contributed by atoms with Gasteiger partial charge in [-0.3, -0.25) is 19.1 Å². The molecule has 13 heteroatoms. The first-order valence-electron chi connectivity index (χ1n) is 21.4. The second-order valence-corrected chi connectivity index (χ2v) is 17.2. The first-order chi connectivity index (χ1) is 29.1. The number of aromatic nitrogens is 4. The number of rotatable bonds is 11. The number of aryl methyl sites for hydroxylation is 1. The summed E-state index contributed by atoms with van der Waals surface area (Å²) in [5, 5.41) is 21.8. The van der Waals surface area contributed by atoms with Gasteiger partial charge in [0.1, 0.15) is 12.0 Å². The summed E-state index contributed by atoms with van der Waals surface area (Å²) < 4.78 is 19.7. The van der Waals surface area contributed by atoms with Crippen molar-refractivity contribution in [1.82, 2.24) is 34.7 Å². The monoisotopic (exact) mass is 812 g/mol. The van der Waals surface area contributed by atoms with Crippen LogP contribution in [-0.2, 0) is 22.7 Å². The lowest BCUT2D eigenvalue weighted by molar-refractivity contribution is -0.131. The molecule has 2 unspecified atom stereocenters. The van der Waals surface area contributed by atoms with Crippen LogP contribution in [0.5, 0.6) is 0 Å². The van der Waals surface area contributed by atoms with Crippen molar-refractivity contribution in [1.29, 1.82) is 0 Å². The van der Waals surface area contributed by atoms with Crippen LogP contribution in [0, 0.1) is 11.7 Å². The van der Waals surface area contributed by atoms with E-state index in [9.17, 15) is 19.5 Å². The lowest BCUT2D eigenvalue weighted by atomic mass is 9.87. The number of carbonyl (C=O) groups is 3. The molecule has 9 rings (SSSR count). The van der Waals surface area contributed by atoms with Gasteiger partial charge in [0.05, 0.1) is 23.9 Å². The zero-order valence-electron chi connectivity index (χ0n) is 34.4. The molecule has 2 N–H and O–H groups in total. The third-order valence-electron chi connectivity index (χ3n) is 12.9. The highest BCUT2D eigenvalue weighted by Gasteiger charge is 2.31. The number of piperidine rings is 2. The van der Waals surface area contributed by atoms with Crippen molar-refractivity contribution in [2.45, 2.75) is 82.5 Å². The summed E-state index contributed by atoms with van der Waals surface area (Å²) in [6.07, 6.45) is 10.8. The van der Waals surface area contributed by atoms with Gasteiger partial charge in [0.2, 0.25) is 11.8 Å². The largest absolute Gasteiger partial charge is 0.373 e. The molecule has 3 amide bonds. The van der Waals surface area contributed by atoms with Crippen LogP contribution >= 0.6 is 0 Å². The molecule has 2 aromatic heterocycles. The predicted octanol–water partition coefficient (Wildman–Crippen LogP) is 6.55. The third-order valence-corrected chi connectivity index (χ3v) is 12.9. The van der Waals surface area contributed by atoms with Crippen LogP contribution in [0.15, 0.2) is 79.1 Å². The summed E-state index contributed by atoms with van der Waals surface area (Å²) in [4.78, 5) is 44.3. The molecule has 0 bridgehead atoms. The number of hydrogen-bond acceptors (Lipinski definition) is 7. The highest BCUT2D eigenvalue weighted by atomic mass is 19.1. The normalized spacial score (nSPS) is 20.0. The molecule has 60 heavy (non-hydrogen) atoms. The van der Waals surface area contributed by atoms with Gasteiger partial charge < -0.3 is 29.7 Å². The molecule has 3 aromatic carbocycles. The van der Waals surface area contributed by atoms with Crippen molar-refractivity contribution in [3.05, 3.63) is 107 Å². The van der Waals surface area contributed by atoms with E-state index < -0.39 is 6.23 Å². The smallest absolute Gasteiger partial charge is 0.253 e. The van der Waals surface area contributed by atoms with Gasteiger partial charge in [-0.2, -0.15) is 0 Å². The van der Waals surface area contributed by atoms with Gasteiger partial charge in [-0.05, 0) is 103 Å². The minimum atomic E-state index is -1.01. The van der Waals surface area contributed by atoms with Crippen molar-refractivity contribution in [3.8, 4) is 11.1 Å². The molecule has 1 saturated carbocycles. The van der Waals surface area contributed by atoms with E-state index in [4.69, 9.17) is 0 Å². The Bertz CT molecular complexity index is 2430. The first-order valence-corrected chi connectivity index (χ1v) is 21.4. The molecular weight excluding hydrogens is 760 g/mol. The third kappa shape index (κ3) is 8.19. The fourth-order valence-electron chi connectivity index (χ4n) is 9.42. The maximum atomic E-state index is 15.5. The lowest BCUT2D eigenvalue weighted by Gasteiger charge is -2.34. The SMILES string of the molecule is CN(C)C(=O)c1cc(-c2ccc(C3CCN(c4ccc(C5CCC(=O)NC5O)cc4F)CC3)cc2)c2c(c1)cc(C1=CCCN(C(=O)CCn3ccnn3)C1)n2CC1CC1. The number of aliphatic hydroxyl groups excluding tert-OH is 1. The van der Waals surface area contributed by atoms with Crippen molar-refractivity contribution in [3.63, 3.8) is 0 Å². The van der Waals surface area contributed by atoms with Gasteiger partial charge in [-0.1, -0.05) is 41.6 Å². The Morgan fingerprint density at radius 1 is 0.950 bits per heavy atom. The van der Waals surface area contributed by atoms with E-state index in [2.05, 4.69) is 61.5 Å². The summed E-state index contributed by atoms with van der Waals surface area (Å²) in [5.74, 6) is 0.153. The Hall–Kier alpha value is -5.82. The summed E-state index contributed by atoms with van der Waals surface area (Å²) in [6.45, 7) is 4.03. The van der Waals surface area contributed by atoms with Gasteiger partial charge >= 0.3 is 0 Å². The number of benzene rings is 3. The summed E-state index contributed by atoms with van der Waals surface area (Å²) in [7, 11) is 3.57. The van der Waals surface area contributed by atoms with E-state index >= 15 is 4.39 Å². The standard InChI is InChI=1S/C47H53FN8O4/c1-52(2)47(60)37-24-36-27-42(35-4-3-19-54(29-35)44(58)17-22-55-23-18-49-51-55)56(28-30-5-6-30)45(36)39(25-37)33-9-7-31(8-10-33)32-15-20-53(21-16-32)41-13-11-34(26-40(41)48)38-12-14-43(57)50-46(38)59/h4,7-11,13,18,23-27,30,32,38,46,59H,3,5-6,12,14-17,19-22,28-29H2,1-2H3,(H,50,57).